The summed E-state index contributed by atoms with van der Waals surface area (Å²) in [6, 6.07) is -0.225. The van der Waals surface area contributed by atoms with Gasteiger partial charge in [-0.25, -0.2) is 4.79 Å². The first-order valence-electron chi connectivity index (χ1n) is 5.81. The van der Waals surface area contributed by atoms with Gasteiger partial charge in [0.2, 0.25) is 0 Å². The van der Waals surface area contributed by atoms with Gasteiger partial charge in [-0.15, -0.1) is 0 Å². The van der Waals surface area contributed by atoms with Gasteiger partial charge in [-0.05, 0) is 19.8 Å². The van der Waals surface area contributed by atoms with E-state index in [-0.39, 0.29) is 12.6 Å². The Morgan fingerprint density at radius 1 is 1.47 bits per heavy atom. The number of amides is 2. The quantitative estimate of drug-likeness (QED) is 0.684. The molecule has 0 bridgehead atoms. The summed E-state index contributed by atoms with van der Waals surface area (Å²) in [5, 5.41) is 11.6. The third-order valence-electron chi connectivity index (χ3n) is 3.12. The average molecular weight is 244 g/mol. The number of methoxy groups -OCH3 is 1. The first-order valence-corrected chi connectivity index (χ1v) is 5.81. The number of likely N-dealkylation sites (N-methyl/N-ethyl adjacent to an activating group) is 1. The van der Waals surface area contributed by atoms with Gasteiger partial charge >= 0.3 is 12.0 Å². The predicted octanol–water partition coefficient (Wildman–Crippen LogP) is 0.529. The van der Waals surface area contributed by atoms with Crippen molar-refractivity contribution in [1.82, 2.24) is 10.2 Å². The van der Waals surface area contributed by atoms with Crippen LogP contribution in [0, 0.1) is 5.41 Å². The lowest BCUT2D eigenvalue weighted by Gasteiger charge is -2.22. The molecule has 0 aromatic rings. The molecular formula is C11H20N2O4. The highest BCUT2D eigenvalue weighted by atomic mass is 16.5. The number of nitrogens with zero attached hydrogens (tertiary/aromatic N) is 1. The van der Waals surface area contributed by atoms with E-state index in [0.29, 0.717) is 32.5 Å². The molecule has 98 valence electrons. The fraction of sp³-hybridized carbons (Fsp3) is 0.818. The lowest BCUT2D eigenvalue weighted by atomic mass is 10.1. The van der Waals surface area contributed by atoms with Crippen molar-refractivity contribution in [2.24, 2.45) is 5.41 Å². The normalized spacial score (nSPS) is 16.4. The molecular weight excluding hydrogens is 224 g/mol. The molecule has 0 aromatic carbocycles. The number of rotatable bonds is 7. The molecule has 1 rings (SSSR count). The van der Waals surface area contributed by atoms with Crippen LogP contribution in [-0.2, 0) is 9.53 Å². The van der Waals surface area contributed by atoms with Crippen LogP contribution in [0.25, 0.3) is 0 Å². The van der Waals surface area contributed by atoms with Gasteiger partial charge in [0, 0.05) is 26.7 Å². The van der Waals surface area contributed by atoms with Crippen LogP contribution in [0.3, 0.4) is 0 Å². The number of hydrogen-bond acceptors (Lipinski definition) is 3. The summed E-state index contributed by atoms with van der Waals surface area (Å²) >= 11 is 0. The molecule has 0 spiro atoms. The molecule has 0 unspecified atom stereocenters. The molecule has 0 aliphatic heterocycles. The summed E-state index contributed by atoms with van der Waals surface area (Å²) in [4.78, 5) is 24.3. The molecule has 1 fully saturated rings. The van der Waals surface area contributed by atoms with Crippen LogP contribution in [0.1, 0.15) is 19.8 Å². The van der Waals surface area contributed by atoms with E-state index < -0.39 is 11.4 Å². The summed E-state index contributed by atoms with van der Waals surface area (Å²) in [7, 11) is 1.58. The van der Waals surface area contributed by atoms with Gasteiger partial charge in [-0.1, -0.05) is 0 Å². The maximum absolute atomic E-state index is 11.7. The van der Waals surface area contributed by atoms with Crippen molar-refractivity contribution in [2.45, 2.75) is 19.8 Å². The van der Waals surface area contributed by atoms with Gasteiger partial charge in [-0.3, -0.25) is 4.79 Å². The number of ether oxygens (including phenoxy) is 1. The molecule has 1 saturated carbocycles. The maximum atomic E-state index is 11.7. The van der Waals surface area contributed by atoms with Gasteiger partial charge in [-0.2, -0.15) is 0 Å². The Labute approximate surface area is 101 Å². The van der Waals surface area contributed by atoms with Crippen molar-refractivity contribution in [1.29, 1.82) is 0 Å². The Morgan fingerprint density at radius 3 is 2.53 bits per heavy atom. The van der Waals surface area contributed by atoms with E-state index in [0.717, 1.165) is 0 Å². The molecule has 17 heavy (non-hydrogen) atoms. The molecule has 1 aliphatic carbocycles. The largest absolute Gasteiger partial charge is 0.481 e. The highest BCUT2D eigenvalue weighted by Gasteiger charge is 2.50. The van der Waals surface area contributed by atoms with Crippen molar-refractivity contribution in [3.63, 3.8) is 0 Å². The number of carbonyl (C=O) groups is 2. The number of carboxylic acids is 1. The van der Waals surface area contributed by atoms with Crippen LogP contribution in [-0.4, -0.2) is 55.4 Å². The molecule has 6 heteroatoms. The topological polar surface area (TPSA) is 78.9 Å². The Kier molecular flexibility index (Phi) is 4.74. The zero-order valence-corrected chi connectivity index (χ0v) is 10.4. The summed E-state index contributed by atoms with van der Waals surface area (Å²) in [5.41, 5.74) is -0.712. The number of aliphatic carboxylic acids is 1. The molecule has 6 nitrogen and oxygen atoms in total. The Balaban J connectivity index is 2.35. The third-order valence-corrected chi connectivity index (χ3v) is 3.12. The zero-order valence-electron chi connectivity index (χ0n) is 10.4. The molecule has 2 amide bonds. The van der Waals surface area contributed by atoms with Gasteiger partial charge in [0.05, 0.1) is 12.0 Å². The zero-order chi connectivity index (χ0) is 12.9. The second kappa shape index (κ2) is 5.86. The van der Waals surface area contributed by atoms with E-state index in [4.69, 9.17) is 9.84 Å². The average Bonchev–Trinajstić information content (AvgIpc) is 3.08. The number of nitrogens with one attached hydrogen (secondary N) is 1. The Bertz CT molecular complexity index is 289. The molecule has 0 aromatic heterocycles. The minimum atomic E-state index is -0.822. The number of urea groups is 1. The van der Waals surface area contributed by atoms with Gasteiger partial charge in [0.25, 0.3) is 0 Å². The number of hydrogen-bond donors (Lipinski definition) is 2. The molecule has 0 heterocycles. The maximum Gasteiger partial charge on any atom is 0.317 e. The van der Waals surface area contributed by atoms with E-state index in [1.54, 1.807) is 12.0 Å². The second-order valence-corrected chi connectivity index (χ2v) is 4.32. The summed E-state index contributed by atoms with van der Waals surface area (Å²) in [5.74, 6) is -0.822. The van der Waals surface area contributed by atoms with E-state index in [1.807, 2.05) is 6.92 Å². The van der Waals surface area contributed by atoms with Crippen LogP contribution in [0.2, 0.25) is 0 Å². The van der Waals surface area contributed by atoms with Gasteiger partial charge in [0.1, 0.15) is 0 Å². The first-order chi connectivity index (χ1) is 8.05. The third kappa shape index (κ3) is 3.59. The lowest BCUT2D eigenvalue weighted by Crippen LogP contribution is -2.44. The van der Waals surface area contributed by atoms with Crippen LogP contribution in [0.15, 0.2) is 0 Å². The van der Waals surface area contributed by atoms with Gasteiger partial charge < -0.3 is 20.1 Å². The molecule has 0 atom stereocenters. The molecule has 0 radical (unpaired) electrons. The summed E-state index contributed by atoms with van der Waals surface area (Å²) in [6.45, 7) is 3.66. The standard InChI is InChI=1S/C11H20N2O4/c1-3-13(6-7-17-2)10(16)12-8-11(4-5-11)9(14)15/h3-8H2,1-2H3,(H,12,16)(H,14,15). The molecule has 0 saturated heterocycles. The van der Waals surface area contributed by atoms with Crippen molar-refractivity contribution in [2.75, 3.05) is 33.4 Å². The van der Waals surface area contributed by atoms with Crippen LogP contribution >= 0.6 is 0 Å². The lowest BCUT2D eigenvalue weighted by molar-refractivity contribution is -0.143. The Morgan fingerprint density at radius 2 is 2.12 bits per heavy atom. The fourth-order valence-electron chi connectivity index (χ4n) is 1.58. The van der Waals surface area contributed by atoms with Crippen molar-refractivity contribution in [3.05, 3.63) is 0 Å². The van der Waals surface area contributed by atoms with Crippen molar-refractivity contribution >= 4 is 12.0 Å². The number of carbonyl (C=O) groups excluding carboxylic acids is 1. The van der Waals surface area contributed by atoms with Crippen molar-refractivity contribution in [3.8, 4) is 0 Å². The summed E-state index contributed by atoms with van der Waals surface area (Å²) < 4.78 is 4.90. The van der Waals surface area contributed by atoms with Crippen LogP contribution < -0.4 is 5.32 Å². The van der Waals surface area contributed by atoms with Gasteiger partial charge in [0.15, 0.2) is 0 Å². The minimum Gasteiger partial charge on any atom is -0.481 e. The van der Waals surface area contributed by atoms with E-state index in [2.05, 4.69) is 5.32 Å². The van der Waals surface area contributed by atoms with Crippen molar-refractivity contribution < 1.29 is 19.4 Å². The Hall–Kier alpha value is -1.30. The van der Waals surface area contributed by atoms with Crippen LogP contribution in [0.4, 0.5) is 4.79 Å². The second-order valence-electron chi connectivity index (χ2n) is 4.32. The first kappa shape index (κ1) is 13.8. The minimum absolute atomic E-state index is 0.213. The number of carboxylic acid groups (broad SMARTS) is 1. The monoisotopic (exact) mass is 244 g/mol. The predicted molar refractivity (Wildman–Crippen MR) is 61.8 cm³/mol. The fourth-order valence-corrected chi connectivity index (χ4v) is 1.58. The smallest absolute Gasteiger partial charge is 0.317 e. The molecule has 1 aliphatic rings. The molecule has 2 N–H and O–H groups in total. The van der Waals surface area contributed by atoms with E-state index >= 15 is 0 Å². The SMILES string of the molecule is CCN(CCOC)C(=O)NCC1(C(=O)O)CC1. The highest BCUT2D eigenvalue weighted by Crippen LogP contribution is 2.45. The van der Waals surface area contributed by atoms with E-state index in [1.165, 1.54) is 0 Å². The highest BCUT2D eigenvalue weighted by molar-refractivity contribution is 5.80. The van der Waals surface area contributed by atoms with Crippen LogP contribution in [0.5, 0.6) is 0 Å². The van der Waals surface area contributed by atoms with E-state index in [9.17, 15) is 9.59 Å². The summed E-state index contributed by atoms with van der Waals surface area (Å²) in [6.07, 6.45) is 1.29.